The molecular formula is C24H37N5O6. The number of aryl methyl sites for hydroxylation is 1. The van der Waals surface area contributed by atoms with Crippen molar-refractivity contribution in [2.24, 2.45) is 5.92 Å². The molecule has 1 fully saturated rings. The van der Waals surface area contributed by atoms with Gasteiger partial charge in [-0.1, -0.05) is 6.07 Å². The zero-order valence-corrected chi connectivity index (χ0v) is 20.7. The molecular weight excluding hydrogens is 454 g/mol. The summed E-state index contributed by atoms with van der Waals surface area (Å²) in [7, 11) is 3.74. The van der Waals surface area contributed by atoms with Crippen molar-refractivity contribution in [3.63, 3.8) is 0 Å². The smallest absolute Gasteiger partial charge is 0.290 e. The number of methoxy groups -OCH3 is 1. The number of ether oxygens (including phenoxy) is 1. The molecule has 35 heavy (non-hydrogen) atoms. The third kappa shape index (κ3) is 8.01. The topological polar surface area (TPSA) is 130 Å². The van der Waals surface area contributed by atoms with Crippen LogP contribution < -0.4 is 5.56 Å². The molecule has 0 aliphatic carbocycles. The number of nitrogens with zero attached hydrogens (tertiary/aromatic N) is 5. The number of carboxylic acid groups (broad SMARTS) is 2. The zero-order chi connectivity index (χ0) is 25.8. The highest BCUT2D eigenvalue weighted by molar-refractivity contribution is 5.33. The minimum absolute atomic E-state index is 0.191. The molecule has 0 aromatic carbocycles. The highest BCUT2D eigenvalue weighted by atomic mass is 16.5. The predicted molar refractivity (Wildman–Crippen MR) is 130 cm³/mol. The van der Waals surface area contributed by atoms with Gasteiger partial charge in [0.2, 0.25) is 0 Å². The summed E-state index contributed by atoms with van der Waals surface area (Å²) >= 11 is 0. The van der Waals surface area contributed by atoms with Gasteiger partial charge in [0.1, 0.15) is 0 Å². The molecule has 0 saturated carbocycles. The molecule has 2 N–H and O–H groups in total. The maximum atomic E-state index is 13.1. The van der Waals surface area contributed by atoms with Crippen LogP contribution in [-0.2, 0) is 40.5 Å². The van der Waals surface area contributed by atoms with Crippen molar-refractivity contribution in [1.82, 2.24) is 23.9 Å². The second-order valence-electron chi connectivity index (χ2n) is 8.83. The van der Waals surface area contributed by atoms with E-state index in [0.29, 0.717) is 25.0 Å². The highest BCUT2D eigenvalue weighted by Crippen LogP contribution is 2.35. The van der Waals surface area contributed by atoms with Crippen molar-refractivity contribution < 1.29 is 24.5 Å². The minimum Gasteiger partial charge on any atom is -0.483 e. The van der Waals surface area contributed by atoms with Crippen LogP contribution in [0.25, 0.3) is 0 Å². The highest BCUT2D eigenvalue weighted by Gasteiger charge is 2.35. The molecule has 2 aromatic heterocycles. The number of hydrogen-bond donors (Lipinski definition) is 2. The number of piperidine rings is 1. The molecule has 4 heterocycles. The average Bonchev–Trinajstić information content (AvgIpc) is 3.28. The minimum atomic E-state index is -0.250. The van der Waals surface area contributed by atoms with Gasteiger partial charge in [-0.25, -0.2) is 4.98 Å². The maximum Gasteiger partial charge on any atom is 0.290 e. The molecule has 11 heteroatoms. The molecule has 0 spiro atoms. The second-order valence-corrected chi connectivity index (χ2v) is 8.83. The fourth-order valence-corrected chi connectivity index (χ4v) is 4.85. The molecule has 0 unspecified atom stereocenters. The van der Waals surface area contributed by atoms with Crippen molar-refractivity contribution in [1.29, 1.82) is 0 Å². The van der Waals surface area contributed by atoms with Gasteiger partial charge < -0.3 is 24.1 Å². The summed E-state index contributed by atoms with van der Waals surface area (Å²) in [5.41, 5.74) is 3.42. The first-order valence-corrected chi connectivity index (χ1v) is 11.7. The Hall–Kier alpha value is -3.02. The van der Waals surface area contributed by atoms with Gasteiger partial charge in [0, 0.05) is 76.3 Å². The summed E-state index contributed by atoms with van der Waals surface area (Å²) in [6.07, 6.45) is 5.25. The number of pyridine rings is 1. The lowest BCUT2D eigenvalue weighted by Crippen LogP contribution is -2.47. The van der Waals surface area contributed by atoms with E-state index in [1.54, 1.807) is 7.11 Å². The summed E-state index contributed by atoms with van der Waals surface area (Å²) in [6.45, 7) is 8.54. The third-order valence-corrected chi connectivity index (χ3v) is 6.31. The Labute approximate surface area is 205 Å². The molecule has 11 nitrogen and oxygen atoms in total. The van der Waals surface area contributed by atoms with Crippen LogP contribution >= 0.6 is 0 Å². The Morgan fingerprint density at radius 3 is 2.54 bits per heavy atom. The van der Waals surface area contributed by atoms with Gasteiger partial charge in [0.15, 0.2) is 0 Å². The largest absolute Gasteiger partial charge is 0.483 e. The molecule has 2 atom stereocenters. The Kier molecular flexibility index (Phi) is 11.6. The number of aromatic nitrogens is 3. The molecule has 194 valence electrons. The fourth-order valence-electron chi connectivity index (χ4n) is 4.85. The van der Waals surface area contributed by atoms with Gasteiger partial charge in [-0.05, 0) is 32.4 Å². The molecule has 1 saturated heterocycles. The summed E-state index contributed by atoms with van der Waals surface area (Å²) in [5, 5.41) is 13.8. The van der Waals surface area contributed by atoms with E-state index in [-0.39, 0.29) is 18.5 Å². The summed E-state index contributed by atoms with van der Waals surface area (Å²) in [4.78, 5) is 39.1. The van der Waals surface area contributed by atoms with Crippen LogP contribution in [0.3, 0.4) is 0 Å². The SMILES string of the molecule is CCn1cnc(CN2C[C@@H]3C[C@H](C2)c2ccc(CN(C)CCOC)c(=O)n2C3)c1.O=CO.O=CO. The third-order valence-electron chi connectivity index (χ3n) is 6.31. The monoisotopic (exact) mass is 491 g/mol. The van der Waals surface area contributed by atoms with Crippen molar-refractivity contribution in [2.45, 2.75) is 45.4 Å². The van der Waals surface area contributed by atoms with Crippen LogP contribution in [0.5, 0.6) is 0 Å². The lowest BCUT2D eigenvalue weighted by atomic mass is 9.83. The van der Waals surface area contributed by atoms with Crippen LogP contribution in [-0.4, -0.2) is 87.5 Å². The van der Waals surface area contributed by atoms with Gasteiger partial charge in [0.05, 0.1) is 18.6 Å². The van der Waals surface area contributed by atoms with E-state index in [0.717, 1.165) is 50.5 Å². The first-order valence-electron chi connectivity index (χ1n) is 11.7. The quantitative estimate of drug-likeness (QED) is 0.523. The van der Waals surface area contributed by atoms with Crippen molar-refractivity contribution >= 4 is 12.9 Å². The zero-order valence-electron chi connectivity index (χ0n) is 20.7. The molecule has 2 aliphatic rings. The van der Waals surface area contributed by atoms with E-state index in [1.807, 2.05) is 19.4 Å². The van der Waals surface area contributed by atoms with E-state index in [4.69, 9.17) is 24.5 Å². The lowest BCUT2D eigenvalue weighted by molar-refractivity contribution is -0.123. The van der Waals surface area contributed by atoms with Crippen LogP contribution in [0.4, 0.5) is 0 Å². The van der Waals surface area contributed by atoms with Crippen LogP contribution in [0, 0.1) is 5.92 Å². The molecule has 2 aromatic rings. The fraction of sp³-hybridized carbons (Fsp3) is 0.583. The van der Waals surface area contributed by atoms with E-state index < -0.39 is 0 Å². The van der Waals surface area contributed by atoms with E-state index >= 15 is 0 Å². The van der Waals surface area contributed by atoms with E-state index in [1.165, 1.54) is 12.1 Å². The van der Waals surface area contributed by atoms with Crippen LogP contribution in [0.15, 0.2) is 29.5 Å². The summed E-state index contributed by atoms with van der Waals surface area (Å²) in [5.74, 6) is 0.970. The predicted octanol–water partition coefficient (Wildman–Crippen LogP) is 1.16. The Balaban J connectivity index is 0.000000655. The number of carbonyl (C=O) groups is 2. The van der Waals surface area contributed by atoms with E-state index in [9.17, 15) is 4.79 Å². The number of imidazole rings is 1. The Bertz CT molecular complexity index is 985. The van der Waals surface area contributed by atoms with Crippen LogP contribution in [0.2, 0.25) is 0 Å². The average molecular weight is 492 g/mol. The lowest BCUT2D eigenvalue weighted by Gasteiger charge is -2.42. The summed E-state index contributed by atoms with van der Waals surface area (Å²) in [6, 6.07) is 4.23. The van der Waals surface area contributed by atoms with Crippen molar-refractivity contribution in [3.05, 3.63) is 52.0 Å². The summed E-state index contributed by atoms with van der Waals surface area (Å²) < 4.78 is 9.33. The van der Waals surface area contributed by atoms with Crippen molar-refractivity contribution in [3.8, 4) is 0 Å². The first-order chi connectivity index (χ1) is 16.9. The molecule has 4 rings (SSSR count). The maximum absolute atomic E-state index is 13.1. The second kappa shape index (κ2) is 14.4. The number of rotatable bonds is 8. The molecule has 2 bridgehead atoms. The van der Waals surface area contributed by atoms with Gasteiger partial charge in [-0.3, -0.25) is 24.2 Å². The van der Waals surface area contributed by atoms with Gasteiger partial charge >= 0.3 is 0 Å². The number of likely N-dealkylation sites (tertiary alicyclic amines) is 1. The Morgan fingerprint density at radius 2 is 1.91 bits per heavy atom. The van der Waals surface area contributed by atoms with E-state index in [2.05, 4.69) is 43.1 Å². The molecule has 2 aliphatic heterocycles. The normalized spacial score (nSPS) is 18.5. The van der Waals surface area contributed by atoms with Gasteiger partial charge in [0.25, 0.3) is 18.5 Å². The van der Waals surface area contributed by atoms with Crippen molar-refractivity contribution in [2.75, 3.05) is 40.4 Å². The molecule has 0 amide bonds. The van der Waals surface area contributed by atoms with Gasteiger partial charge in [-0.2, -0.15) is 0 Å². The standard InChI is InChI=1S/C22H33N5O2.2CH2O2/c1-4-25-14-20(23-16-25)15-26-10-17-9-19(13-26)21-6-5-18(22(28)27(21)11-17)12-24(2)7-8-29-3;2*2-1-3/h5-6,14,16-17,19H,4,7-13,15H2,1-3H3;2*1H,(H,2,3)/t17-,19+;;/m0../s1. The first kappa shape index (κ1) is 28.2. The molecule has 0 radical (unpaired) electrons. The number of likely N-dealkylation sites (N-methyl/N-ethyl adjacent to an activating group) is 1. The Morgan fingerprint density at radius 1 is 1.20 bits per heavy atom. The number of fused-ring (bicyclic) bond motifs is 4. The van der Waals surface area contributed by atoms with Crippen LogP contribution in [0.1, 0.15) is 36.2 Å². The van der Waals surface area contributed by atoms with Gasteiger partial charge in [-0.15, -0.1) is 0 Å². The number of hydrogen-bond acceptors (Lipinski definition) is 7.